The molecule has 7 rings (SSSR count). The Bertz CT molecular complexity index is 2150. The smallest absolute Gasteiger partial charge is 0.259 e. The lowest BCUT2D eigenvalue weighted by molar-refractivity contribution is -0.122. The number of fused-ring (bicyclic) bond motifs is 2. The van der Waals surface area contributed by atoms with Gasteiger partial charge in [-0.3, -0.25) is 19.9 Å². The van der Waals surface area contributed by atoms with Gasteiger partial charge in [-0.1, -0.05) is 66.7 Å². The van der Waals surface area contributed by atoms with E-state index in [0.29, 0.717) is 36.7 Å². The number of imide groups is 1. The molecule has 46 heavy (non-hydrogen) atoms. The SMILES string of the molecule is Cn1cc(C2=C(c3cn(CCCN=C(N)c4ccc(OCc5ccccc5)cc4)c4ccccc34)C(=O)NC2=O)c2ccccc21. The Hall–Kier alpha value is -5.89. The van der Waals surface area contributed by atoms with Crippen LogP contribution in [0, 0.1) is 0 Å². The number of aromatic nitrogens is 2. The molecule has 0 spiro atoms. The van der Waals surface area contributed by atoms with Crippen LogP contribution in [0.1, 0.15) is 28.7 Å². The highest BCUT2D eigenvalue weighted by Crippen LogP contribution is 2.38. The van der Waals surface area contributed by atoms with Gasteiger partial charge >= 0.3 is 0 Å². The fraction of sp³-hybridized carbons (Fsp3) is 0.132. The van der Waals surface area contributed by atoms with Crippen molar-refractivity contribution in [3.05, 3.63) is 138 Å². The van der Waals surface area contributed by atoms with Crippen LogP contribution in [0.25, 0.3) is 33.0 Å². The summed E-state index contributed by atoms with van der Waals surface area (Å²) in [6.45, 7) is 1.70. The van der Waals surface area contributed by atoms with Crippen molar-refractivity contribution in [3.63, 3.8) is 0 Å². The topological polar surface area (TPSA) is 104 Å². The molecule has 0 saturated carbocycles. The Morgan fingerprint density at radius 3 is 2.09 bits per heavy atom. The number of aryl methyl sites for hydroxylation is 2. The van der Waals surface area contributed by atoms with E-state index < -0.39 is 0 Å². The van der Waals surface area contributed by atoms with Gasteiger partial charge in [0.1, 0.15) is 18.2 Å². The van der Waals surface area contributed by atoms with Gasteiger partial charge < -0.3 is 19.6 Å². The number of aliphatic imine (C=N–C) groups is 1. The van der Waals surface area contributed by atoms with Gasteiger partial charge in [0, 0.05) is 71.0 Å². The Kier molecular flexibility index (Phi) is 7.68. The van der Waals surface area contributed by atoms with Crippen LogP contribution in [0.3, 0.4) is 0 Å². The van der Waals surface area contributed by atoms with Crippen LogP contribution in [-0.2, 0) is 29.8 Å². The fourth-order valence-corrected chi connectivity index (χ4v) is 6.14. The van der Waals surface area contributed by atoms with E-state index in [9.17, 15) is 9.59 Å². The van der Waals surface area contributed by atoms with E-state index in [4.69, 9.17) is 10.5 Å². The minimum absolute atomic E-state index is 0.381. The number of para-hydroxylation sites is 2. The van der Waals surface area contributed by atoms with E-state index in [1.807, 2.05) is 127 Å². The van der Waals surface area contributed by atoms with Crippen molar-refractivity contribution in [1.29, 1.82) is 0 Å². The summed E-state index contributed by atoms with van der Waals surface area (Å²) in [5.41, 5.74) is 12.5. The monoisotopic (exact) mass is 607 g/mol. The normalized spacial score (nSPS) is 13.6. The van der Waals surface area contributed by atoms with E-state index in [1.165, 1.54) is 0 Å². The summed E-state index contributed by atoms with van der Waals surface area (Å²) in [7, 11) is 1.94. The molecule has 0 saturated heterocycles. The summed E-state index contributed by atoms with van der Waals surface area (Å²) < 4.78 is 9.99. The summed E-state index contributed by atoms with van der Waals surface area (Å²) in [6, 6.07) is 33.5. The summed E-state index contributed by atoms with van der Waals surface area (Å²) in [5.74, 6) is 0.476. The summed E-state index contributed by atoms with van der Waals surface area (Å²) in [6.07, 6.45) is 4.63. The summed E-state index contributed by atoms with van der Waals surface area (Å²) >= 11 is 0. The van der Waals surface area contributed by atoms with Crippen LogP contribution in [-0.4, -0.2) is 33.3 Å². The fourth-order valence-electron chi connectivity index (χ4n) is 6.14. The molecule has 228 valence electrons. The average molecular weight is 608 g/mol. The van der Waals surface area contributed by atoms with Crippen LogP contribution in [0.2, 0.25) is 0 Å². The molecular weight excluding hydrogens is 574 g/mol. The quantitative estimate of drug-likeness (QED) is 0.0853. The molecular formula is C38H33N5O3. The maximum absolute atomic E-state index is 13.3. The molecule has 0 unspecified atom stereocenters. The van der Waals surface area contributed by atoms with Crippen molar-refractivity contribution >= 4 is 50.6 Å². The number of amidine groups is 1. The van der Waals surface area contributed by atoms with Crippen LogP contribution in [0.4, 0.5) is 0 Å². The van der Waals surface area contributed by atoms with Crippen molar-refractivity contribution in [1.82, 2.24) is 14.5 Å². The zero-order chi connectivity index (χ0) is 31.6. The van der Waals surface area contributed by atoms with E-state index in [2.05, 4.69) is 14.9 Å². The van der Waals surface area contributed by atoms with Crippen molar-refractivity contribution in [2.45, 2.75) is 19.6 Å². The molecule has 4 aromatic carbocycles. The molecule has 8 heteroatoms. The van der Waals surface area contributed by atoms with Crippen LogP contribution in [0.5, 0.6) is 5.75 Å². The first-order valence-corrected chi connectivity index (χ1v) is 15.3. The number of benzene rings is 4. The third kappa shape index (κ3) is 5.45. The number of carbonyl (C=O) groups excluding carboxylic acids is 2. The van der Waals surface area contributed by atoms with Gasteiger partial charge in [0.05, 0.1) is 11.1 Å². The number of nitrogens with two attached hydrogens (primary N) is 1. The second-order valence-corrected chi connectivity index (χ2v) is 11.4. The number of nitrogens with zero attached hydrogens (tertiary/aromatic N) is 3. The second kappa shape index (κ2) is 12.2. The number of nitrogens with one attached hydrogen (secondary N) is 1. The average Bonchev–Trinajstić information content (AvgIpc) is 3.72. The molecule has 1 aliphatic heterocycles. The van der Waals surface area contributed by atoms with Crippen LogP contribution >= 0.6 is 0 Å². The first-order chi connectivity index (χ1) is 22.5. The molecule has 0 aliphatic carbocycles. The minimum Gasteiger partial charge on any atom is -0.489 e. The molecule has 0 fully saturated rings. The van der Waals surface area contributed by atoms with E-state index in [1.54, 1.807) is 0 Å². The highest BCUT2D eigenvalue weighted by atomic mass is 16.5. The van der Waals surface area contributed by atoms with Gasteiger partial charge in [0.2, 0.25) is 0 Å². The number of rotatable bonds is 10. The first-order valence-electron chi connectivity index (χ1n) is 15.3. The first kappa shape index (κ1) is 28.9. The Labute approximate surface area is 266 Å². The lowest BCUT2D eigenvalue weighted by Crippen LogP contribution is -2.22. The summed E-state index contributed by atoms with van der Waals surface area (Å²) in [4.78, 5) is 31.2. The molecule has 0 bridgehead atoms. The molecule has 0 radical (unpaired) electrons. The van der Waals surface area contributed by atoms with Crippen molar-refractivity contribution < 1.29 is 14.3 Å². The standard InChI is InChI=1S/C38H33N5O3/c1-42-22-30(28-12-5-7-14-32(28)42)34-35(38(45)41-37(34)44)31-23-43(33-15-8-6-13-29(31)33)21-9-20-40-36(39)26-16-18-27(19-17-26)46-24-25-10-3-2-4-11-25/h2-8,10-19,22-23H,9,20-21,24H2,1H3,(H2,39,40)(H,41,44,45). The number of amides is 2. The van der Waals surface area contributed by atoms with Gasteiger partial charge in [0.15, 0.2) is 0 Å². The third-order valence-electron chi connectivity index (χ3n) is 8.39. The number of hydrogen-bond acceptors (Lipinski definition) is 4. The Morgan fingerprint density at radius 2 is 1.37 bits per heavy atom. The maximum Gasteiger partial charge on any atom is 0.259 e. The molecule has 0 atom stereocenters. The van der Waals surface area contributed by atoms with Crippen LogP contribution in [0.15, 0.2) is 121 Å². The van der Waals surface area contributed by atoms with E-state index in [-0.39, 0.29) is 11.8 Å². The lowest BCUT2D eigenvalue weighted by Gasteiger charge is -2.08. The molecule has 2 amide bonds. The van der Waals surface area contributed by atoms with E-state index >= 15 is 0 Å². The van der Waals surface area contributed by atoms with Gasteiger partial charge in [-0.25, -0.2) is 0 Å². The molecule has 3 N–H and O–H groups in total. The Balaban J connectivity index is 1.10. The van der Waals surface area contributed by atoms with Crippen molar-refractivity contribution in [2.75, 3.05) is 6.54 Å². The summed E-state index contributed by atoms with van der Waals surface area (Å²) in [5, 5.41) is 4.39. The van der Waals surface area contributed by atoms with Gasteiger partial charge in [-0.15, -0.1) is 0 Å². The number of carbonyl (C=O) groups is 2. The minimum atomic E-state index is -0.385. The van der Waals surface area contributed by atoms with E-state index in [0.717, 1.165) is 56.2 Å². The lowest BCUT2D eigenvalue weighted by atomic mass is 9.95. The van der Waals surface area contributed by atoms with Gasteiger partial charge in [-0.05, 0) is 48.4 Å². The van der Waals surface area contributed by atoms with Gasteiger partial charge in [0.25, 0.3) is 11.8 Å². The Morgan fingerprint density at radius 1 is 0.761 bits per heavy atom. The largest absolute Gasteiger partial charge is 0.489 e. The third-order valence-corrected chi connectivity index (χ3v) is 8.39. The zero-order valence-electron chi connectivity index (χ0n) is 25.4. The molecule has 3 heterocycles. The van der Waals surface area contributed by atoms with Gasteiger partial charge in [-0.2, -0.15) is 0 Å². The van der Waals surface area contributed by atoms with Crippen molar-refractivity contribution in [2.24, 2.45) is 17.8 Å². The number of ether oxygens (including phenoxy) is 1. The number of hydrogen-bond donors (Lipinski definition) is 2. The predicted molar refractivity (Wildman–Crippen MR) is 182 cm³/mol. The molecule has 6 aromatic rings. The molecule has 2 aromatic heterocycles. The second-order valence-electron chi connectivity index (χ2n) is 11.4. The van der Waals surface area contributed by atoms with Crippen molar-refractivity contribution in [3.8, 4) is 5.75 Å². The molecule has 8 nitrogen and oxygen atoms in total. The predicted octanol–water partition coefficient (Wildman–Crippen LogP) is 6.07. The highest BCUT2D eigenvalue weighted by molar-refractivity contribution is 6.50. The van der Waals surface area contributed by atoms with Crippen LogP contribution < -0.4 is 15.8 Å². The zero-order valence-corrected chi connectivity index (χ0v) is 25.4. The maximum atomic E-state index is 13.3. The molecule has 1 aliphatic rings. The highest BCUT2D eigenvalue weighted by Gasteiger charge is 2.35.